The molecule has 0 saturated carbocycles. The number of rotatable bonds is 5. The molecule has 0 aliphatic rings. The summed E-state index contributed by atoms with van der Waals surface area (Å²) in [5.41, 5.74) is 0.328. The van der Waals surface area contributed by atoms with Gasteiger partial charge in [0.05, 0.1) is 18.0 Å². The van der Waals surface area contributed by atoms with Crippen LogP contribution in [0, 0.1) is 5.82 Å². The van der Waals surface area contributed by atoms with Crippen LogP contribution in [0.15, 0.2) is 22.7 Å². The Hall–Kier alpha value is -1.23. The molecule has 0 aliphatic heterocycles. The van der Waals surface area contributed by atoms with E-state index in [2.05, 4.69) is 20.7 Å². The second-order valence-corrected chi connectivity index (χ2v) is 4.36. The summed E-state index contributed by atoms with van der Waals surface area (Å²) in [6.45, 7) is 0. The normalized spacial score (nSPS) is 10.1. The zero-order valence-electron chi connectivity index (χ0n) is 9.33. The zero-order valence-corrected chi connectivity index (χ0v) is 10.9. The molecular weight excluding hydrogens is 291 g/mol. The lowest BCUT2D eigenvalue weighted by molar-refractivity contribution is -0.141. The first-order valence-corrected chi connectivity index (χ1v) is 5.85. The number of methoxy groups -OCH3 is 1. The molecule has 0 amide bonds. The number of carbonyl (C=O) groups excluding carboxylic acids is 2. The van der Waals surface area contributed by atoms with E-state index in [0.29, 0.717) is 10.0 Å². The van der Waals surface area contributed by atoms with Gasteiger partial charge in [-0.15, -0.1) is 0 Å². The van der Waals surface area contributed by atoms with E-state index >= 15 is 0 Å². The molecule has 0 fully saturated rings. The third-order valence-electron chi connectivity index (χ3n) is 2.25. The van der Waals surface area contributed by atoms with Gasteiger partial charge in [0.2, 0.25) is 0 Å². The molecule has 92 valence electrons. The van der Waals surface area contributed by atoms with Gasteiger partial charge in [-0.25, -0.2) is 4.39 Å². The van der Waals surface area contributed by atoms with Crippen molar-refractivity contribution in [3.05, 3.63) is 34.1 Å². The van der Waals surface area contributed by atoms with Crippen LogP contribution in [0.1, 0.15) is 18.4 Å². The van der Waals surface area contributed by atoms with E-state index in [1.165, 1.54) is 7.11 Å². The summed E-state index contributed by atoms with van der Waals surface area (Å²) in [4.78, 5) is 22.3. The molecule has 1 aromatic carbocycles. The Morgan fingerprint density at radius 3 is 2.71 bits per heavy atom. The molecule has 1 rings (SSSR count). The third-order valence-corrected chi connectivity index (χ3v) is 2.87. The van der Waals surface area contributed by atoms with Gasteiger partial charge in [-0.2, -0.15) is 0 Å². The molecule has 0 saturated heterocycles. The third kappa shape index (κ3) is 4.26. The molecule has 0 aromatic heterocycles. The van der Waals surface area contributed by atoms with Gasteiger partial charge in [-0.3, -0.25) is 9.59 Å². The van der Waals surface area contributed by atoms with Crippen molar-refractivity contribution < 1.29 is 18.7 Å². The minimum Gasteiger partial charge on any atom is -0.469 e. The molecule has 0 spiro atoms. The first-order valence-electron chi connectivity index (χ1n) is 5.06. The molecule has 5 heteroatoms. The molecule has 17 heavy (non-hydrogen) atoms. The summed E-state index contributed by atoms with van der Waals surface area (Å²) in [6.07, 6.45) is 0.0891. The second kappa shape index (κ2) is 6.49. The second-order valence-electron chi connectivity index (χ2n) is 3.50. The van der Waals surface area contributed by atoms with Crippen molar-refractivity contribution in [2.45, 2.75) is 19.3 Å². The van der Waals surface area contributed by atoms with Crippen LogP contribution in [0.4, 0.5) is 4.39 Å². The van der Waals surface area contributed by atoms with Crippen molar-refractivity contribution in [3.63, 3.8) is 0 Å². The first kappa shape index (κ1) is 13.8. The van der Waals surface area contributed by atoms with E-state index in [0.717, 1.165) is 0 Å². The molecule has 0 bridgehead atoms. The summed E-state index contributed by atoms with van der Waals surface area (Å²) in [6, 6.07) is 4.78. The molecule has 0 N–H and O–H groups in total. The average Bonchev–Trinajstić information content (AvgIpc) is 2.32. The fourth-order valence-electron chi connectivity index (χ4n) is 1.33. The number of Topliss-reactive ketones (excluding diaryl/α,β-unsaturated/α-hetero) is 1. The Morgan fingerprint density at radius 1 is 1.35 bits per heavy atom. The zero-order chi connectivity index (χ0) is 12.8. The molecule has 0 aliphatic carbocycles. The van der Waals surface area contributed by atoms with Crippen LogP contribution in [0.25, 0.3) is 0 Å². The molecule has 0 atom stereocenters. The van der Waals surface area contributed by atoms with Crippen LogP contribution in [-0.4, -0.2) is 18.9 Å². The van der Waals surface area contributed by atoms with E-state index in [4.69, 9.17) is 0 Å². The van der Waals surface area contributed by atoms with Crippen molar-refractivity contribution in [2.75, 3.05) is 7.11 Å². The minimum atomic E-state index is -0.437. The lowest BCUT2D eigenvalue weighted by atomic mass is 10.1. The van der Waals surface area contributed by atoms with Gasteiger partial charge in [0.15, 0.2) is 0 Å². The van der Waals surface area contributed by atoms with Crippen molar-refractivity contribution in [2.24, 2.45) is 0 Å². The molecule has 1 aromatic rings. The molecular formula is C12H12BrFO3. The SMILES string of the molecule is COC(=O)CCC(=O)Cc1cccc(Br)c1F. The number of hydrogen-bond acceptors (Lipinski definition) is 3. The number of halogens is 2. The summed E-state index contributed by atoms with van der Waals surface area (Å²) < 4.78 is 18.3. The minimum absolute atomic E-state index is 0.0116. The van der Waals surface area contributed by atoms with Crippen LogP contribution in [-0.2, 0) is 20.7 Å². The van der Waals surface area contributed by atoms with Gasteiger partial charge in [-0.1, -0.05) is 12.1 Å². The van der Waals surface area contributed by atoms with E-state index < -0.39 is 11.8 Å². The van der Waals surface area contributed by atoms with E-state index in [9.17, 15) is 14.0 Å². The lowest BCUT2D eigenvalue weighted by Gasteiger charge is -2.04. The van der Waals surface area contributed by atoms with Crippen LogP contribution in [0.2, 0.25) is 0 Å². The van der Waals surface area contributed by atoms with Gasteiger partial charge in [0.1, 0.15) is 11.6 Å². The van der Waals surface area contributed by atoms with E-state index in [1.54, 1.807) is 18.2 Å². The number of ether oxygens (including phenoxy) is 1. The van der Waals surface area contributed by atoms with Gasteiger partial charge in [-0.05, 0) is 27.6 Å². The summed E-state index contributed by atoms with van der Waals surface area (Å²) in [5.74, 6) is -1.06. The Balaban J connectivity index is 2.56. The molecule has 0 unspecified atom stereocenters. The Bertz CT molecular complexity index is 432. The van der Waals surface area contributed by atoms with Crippen LogP contribution >= 0.6 is 15.9 Å². The molecule has 3 nitrogen and oxygen atoms in total. The summed E-state index contributed by atoms with van der Waals surface area (Å²) >= 11 is 3.05. The Morgan fingerprint density at radius 2 is 2.06 bits per heavy atom. The average molecular weight is 303 g/mol. The standard InChI is InChI=1S/C12H12BrFO3/c1-17-11(16)6-5-9(15)7-8-3-2-4-10(13)12(8)14/h2-4H,5-7H2,1H3. The number of carbonyl (C=O) groups is 2. The summed E-state index contributed by atoms with van der Waals surface area (Å²) in [7, 11) is 1.26. The van der Waals surface area contributed by atoms with Crippen LogP contribution in [0.3, 0.4) is 0 Å². The van der Waals surface area contributed by atoms with Crippen LogP contribution < -0.4 is 0 Å². The number of ketones is 1. The maximum absolute atomic E-state index is 13.5. The lowest BCUT2D eigenvalue weighted by Crippen LogP contribution is -2.08. The quantitative estimate of drug-likeness (QED) is 0.785. The highest BCUT2D eigenvalue weighted by Gasteiger charge is 2.12. The van der Waals surface area contributed by atoms with Crippen LogP contribution in [0.5, 0.6) is 0 Å². The topological polar surface area (TPSA) is 43.4 Å². The number of esters is 1. The first-order chi connectivity index (χ1) is 8.04. The molecule has 0 radical (unpaired) electrons. The predicted octanol–water partition coefficient (Wildman–Crippen LogP) is 2.65. The van der Waals surface area contributed by atoms with Gasteiger partial charge < -0.3 is 4.74 Å². The van der Waals surface area contributed by atoms with Crippen molar-refractivity contribution in [1.29, 1.82) is 0 Å². The van der Waals surface area contributed by atoms with Crippen molar-refractivity contribution >= 4 is 27.7 Å². The van der Waals surface area contributed by atoms with Gasteiger partial charge in [0.25, 0.3) is 0 Å². The monoisotopic (exact) mass is 302 g/mol. The Labute approximate surface area is 107 Å². The van der Waals surface area contributed by atoms with Crippen molar-refractivity contribution in [3.8, 4) is 0 Å². The van der Waals surface area contributed by atoms with Crippen molar-refractivity contribution in [1.82, 2.24) is 0 Å². The highest BCUT2D eigenvalue weighted by atomic mass is 79.9. The van der Waals surface area contributed by atoms with Gasteiger partial charge in [0, 0.05) is 12.8 Å². The Kier molecular flexibility index (Phi) is 5.28. The number of hydrogen-bond donors (Lipinski definition) is 0. The molecule has 0 heterocycles. The van der Waals surface area contributed by atoms with E-state index in [1.807, 2.05) is 0 Å². The van der Waals surface area contributed by atoms with E-state index in [-0.39, 0.29) is 25.0 Å². The predicted molar refractivity (Wildman–Crippen MR) is 64.1 cm³/mol. The smallest absolute Gasteiger partial charge is 0.305 e. The summed E-state index contributed by atoms with van der Waals surface area (Å²) in [5, 5.41) is 0. The fraction of sp³-hybridized carbons (Fsp3) is 0.333. The highest BCUT2D eigenvalue weighted by molar-refractivity contribution is 9.10. The van der Waals surface area contributed by atoms with Gasteiger partial charge >= 0.3 is 5.97 Å². The highest BCUT2D eigenvalue weighted by Crippen LogP contribution is 2.19. The maximum atomic E-state index is 13.5. The fourth-order valence-corrected chi connectivity index (χ4v) is 1.74. The largest absolute Gasteiger partial charge is 0.469 e. The number of benzene rings is 1. The maximum Gasteiger partial charge on any atom is 0.305 e.